The molecule has 0 spiro atoms. The molecule has 0 amide bonds. The molecule has 42 heavy (non-hydrogen) atoms. The normalized spacial score (nSPS) is 15.7. The molecule has 3 unspecified atom stereocenters. The molecule has 0 aliphatic carbocycles. The van der Waals surface area contributed by atoms with Crippen molar-refractivity contribution in [1.82, 2.24) is 0 Å². The number of hydrogen-bond acceptors (Lipinski definition) is 5. The highest BCUT2D eigenvalue weighted by Gasteiger charge is 2.51. The minimum atomic E-state index is -5.04. The van der Waals surface area contributed by atoms with Crippen LogP contribution in [0.2, 0.25) is 0 Å². The summed E-state index contributed by atoms with van der Waals surface area (Å²) in [4.78, 5) is 34.3. The zero-order chi connectivity index (χ0) is 31.7. The number of phosphoric acid groups is 1. The summed E-state index contributed by atoms with van der Waals surface area (Å²) in [5, 5.41) is 0. The fourth-order valence-electron chi connectivity index (χ4n) is 6.42. The van der Waals surface area contributed by atoms with Crippen LogP contribution < -0.4 is 4.89 Å². The van der Waals surface area contributed by atoms with Gasteiger partial charge in [0, 0.05) is 13.8 Å². The van der Waals surface area contributed by atoms with Crippen molar-refractivity contribution in [1.29, 1.82) is 0 Å². The number of phosphoric ester groups is 1. The van der Waals surface area contributed by atoms with Crippen LogP contribution in [0.3, 0.4) is 0 Å². The molecule has 252 valence electrons. The quantitative estimate of drug-likeness (QED) is 0.0283. The average molecular weight is 620 g/mol. The molecule has 0 radical (unpaired) electrons. The number of ether oxygens (including phenoxy) is 1. The standard InChI is InChI=1S/C34H70NO6P/c1-7-11-15-16-17-18-19-20-21-22-23-24-25-26-27-33(40-32(5)36)31-34(6,41-42(37,38)39)35(28-12-8-2,29-13-9-3)30-14-10-4/h33H,7-31H2,1-6H3,(H-,37,38,39). The van der Waals surface area contributed by atoms with Crippen molar-refractivity contribution in [3.63, 3.8) is 0 Å². The van der Waals surface area contributed by atoms with Crippen LogP contribution in [0.25, 0.3) is 0 Å². The van der Waals surface area contributed by atoms with Gasteiger partial charge in [0.15, 0.2) is 0 Å². The van der Waals surface area contributed by atoms with E-state index < -0.39 is 19.7 Å². The van der Waals surface area contributed by atoms with Crippen LogP contribution in [0, 0.1) is 0 Å². The average Bonchev–Trinajstić information content (AvgIpc) is 2.91. The molecule has 8 heteroatoms. The van der Waals surface area contributed by atoms with E-state index in [9.17, 15) is 19.1 Å². The third-order valence-corrected chi connectivity index (χ3v) is 9.58. The predicted octanol–water partition coefficient (Wildman–Crippen LogP) is 9.59. The molecular weight excluding hydrogens is 549 g/mol. The largest absolute Gasteiger partial charge is 0.756 e. The first-order chi connectivity index (χ1) is 20.0. The van der Waals surface area contributed by atoms with Gasteiger partial charge in [0.05, 0.1) is 26.1 Å². The Hall–Kier alpha value is -0.460. The van der Waals surface area contributed by atoms with Gasteiger partial charge in [0.25, 0.3) is 7.82 Å². The third kappa shape index (κ3) is 19.7. The Morgan fingerprint density at radius 1 is 0.714 bits per heavy atom. The molecular formula is C34H70NO6P. The van der Waals surface area contributed by atoms with Crippen molar-refractivity contribution in [3.8, 4) is 0 Å². The summed E-state index contributed by atoms with van der Waals surface area (Å²) in [5.74, 6) is -0.365. The van der Waals surface area contributed by atoms with Crippen LogP contribution in [0.5, 0.6) is 0 Å². The maximum Gasteiger partial charge on any atom is 0.302 e. The topological polar surface area (TPSA) is 95.9 Å². The molecule has 0 aromatic carbocycles. The fraction of sp³-hybridized carbons (Fsp3) is 0.971. The number of nitrogens with zero attached hydrogens (tertiary/aromatic N) is 1. The first-order valence-corrected chi connectivity index (χ1v) is 19.3. The van der Waals surface area contributed by atoms with Gasteiger partial charge in [-0.15, -0.1) is 0 Å². The third-order valence-electron chi connectivity index (χ3n) is 8.95. The van der Waals surface area contributed by atoms with Gasteiger partial charge in [-0.1, -0.05) is 130 Å². The molecule has 0 rings (SSSR count). The number of esters is 1. The summed E-state index contributed by atoms with van der Waals surface area (Å²) < 4.78 is 24.1. The smallest absolute Gasteiger partial charge is 0.302 e. The summed E-state index contributed by atoms with van der Waals surface area (Å²) in [5.41, 5.74) is -1.22. The van der Waals surface area contributed by atoms with Gasteiger partial charge in [-0.2, -0.15) is 0 Å². The molecule has 0 aliphatic rings. The van der Waals surface area contributed by atoms with E-state index in [1.807, 2.05) is 6.92 Å². The maximum absolute atomic E-state index is 12.3. The number of carbonyl (C=O) groups is 1. The summed E-state index contributed by atoms with van der Waals surface area (Å²) in [6, 6.07) is 0. The van der Waals surface area contributed by atoms with Crippen molar-refractivity contribution < 1.29 is 32.9 Å². The van der Waals surface area contributed by atoms with Crippen molar-refractivity contribution in [3.05, 3.63) is 0 Å². The predicted molar refractivity (Wildman–Crippen MR) is 174 cm³/mol. The van der Waals surface area contributed by atoms with Crippen LogP contribution in [0.1, 0.15) is 183 Å². The number of hydrogen-bond donors (Lipinski definition) is 1. The Kier molecular flexibility index (Phi) is 24.5. The van der Waals surface area contributed by atoms with Gasteiger partial charge in [-0.05, 0) is 32.1 Å². The van der Waals surface area contributed by atoms with Gasteiger partial charge in [-0.25, -0.2) is 0 Å². The highest BCUT2D eigenvalue weighted by molar-refractivity contribution is 7.44. The molecule has 0 saturated carbocycles. The van der Waals surface area contributed by atoms with E-state index in [4.69, 9.17) is 9.26 Å². The van der Waals surface area contributed by atoms with E-state index in [0.717, 1.165) is 77.4 Å². The van der Waals surface area contributed by atoms with Crippen molar-refractivity contribution in [2.24, 2.45) is 0 Å². The highest BCUT2D eigenvalue weighted by atomic mass is 31.2. The zero-order valence-electron chi connectivity index (χ0n) is 28.6. The second-order valence-corrected chi connectivity index (χ2v) is 14.1. The lowest BCUT2D eigenvalue weighted by Gasteiger charge is -2.53. The Morgan fingerprint density at radius 2 is 1.07 bits per heavy atom. The van der Waals surface area contributed by atoms with Crippen LogP contribution in [-0.2, 0) is 18.6 Å². The second-order valence-electron chi connectivity index (χ2n) is 12.9. The molecule has 3 atom stereocenters. The Morgan fingerprint density at radius 3 is 1.40 bits per heavy atom. The lowest BCUT2D eigenvalue weighted by Crippen LogP contribution is -2.66. The monoisotopic (exact) mass is 619 g/mol. The van der Waals surface area contributed by atoms with Gasteiger partial charge < -0.3 is 14.5 Å². The molecule has 0 fully saturated rings. The minimum absolute atomic E-state index is 0.245. The van der Waals surface area contributed by atoms with E-state index in [1.165, 1.54) is 77.6 Å². The van der Waals surface area contributed by atoms with Gasteiger partial charge >= 0.3 is 5.97 Å². The van der Waals surface area contributed by atoms with E-state index in [-0.39, 0.29) is 12.4 Å². The Balaban J connectivity index is 5.19. The molecule has 0 bridgehead atoms. The first kappa shape index (κ1) is 41.5. The van der Waals surface area contributed by atoms with Crippen molar-refractivity contribution in [2.75, 3.05) is 19.6 Å². The van der Waals surface area contributed by atoms with Crippen LogP contribution in [0.4, 0.5) is 0 Å². The van der Waals surface area contributed by atoms with Gasteiger partial charge in [-0.3, -0.25) is 18.4 Å². The summed E-state index contributed by atoms with van der Waals surface area (Å²) in [6.45, 7) is 14.2. The SMILES string of the molecule is CCCCCCCCCCCCCCCCC(CC(C)(OP(=O)([O-])O)[N+](CCCC)(CCCC)CCCC)OC(C)=O. The molecule has 0 saturated heterocycles. The molecule has 7 nitrogen and oxygen atoms in total. The molecule has 0 aromatic rings. The van der Waals surface area contributed by atoms with E-state index in [0.29, 0.717) is 10.9 Å². The number of rotatable bonds is 30. The van der Waals surface area contributed by atoms with Crippen molar-refractivity contribution in [2.45, 2.75) is 195 Å². The van der Waals surface area contributed by atoms with Gasteiger partial charge in [0.1, 0.15) is 6.10 Å². The van der Waals surface area contributed by atoms with E-state index in [1.54, 1.807) is 0 Å². The molecule has 1 N–H and O–H groups in total. The van der Waals surface area contributed by atoms with Crippen LogP contribution in [-0.4, -0.2) is 46.8 Å². The zero-order valence-corrected chi connectivity index (χ0v) is 29.5. The highest BCUT2D eigenvalue weighted by Crippen LogP contribution is 2.45. The van der Waals surface area contributed by atoms with Crippen LogP contribution in [0.15, 0.2) is 0 Å². The summed E-state index contributed by atoms with van der Waals surface area (Å²) >= 11 is 0. The Bertz CT molecular complexity index is 678. The minimum Gasteiger partial charge on any atom is -0.756 e. The first-order valence-electron chi connectivity index (χ1n) is 17.8. The molecule has 0 heterocycles. The molecule has 0 aromatic heterocycles. The van der Waals surface area contributed by atoms with Crippen molar-refractivity contribution >= 4 is 13.8 Å². The fourth-order valence-corrected chi connectivity index (χ4v) is 7.16. The van der Waals surface area contributed by atoms with Gasteiger partial charge in [0.2, 0.25) is 5.72 Å². The number of unbranched alkanes of at least 4 members (excludes halogenated alkanes) is 16. The summed E-state index contributed by atoms with van der Waals surface area (Å²) in [6.07, 6.45) is 24.0. The molecule has 0 aliphatic heterocycles. The maximum atomic E-state index is 12.3. The summed E-state index contributed by atoms with van der Waals surface area (Å²) in [7, 11) is -5.04. The van der Waals surface area contributed by atoms with E-state index in [2.05, 4.69) is 27.7 Å². The lowest BCUT2D eigenvalue weighted by atomic mass is 9.95. The number of quaternary nitrogens is 1. The Labute approximate surface area is 260 Å². The van der Waals surface area contributed by atoms with Crippen LogP contribution >= 0.6 is 7.82 Å². The lowest BCUT2D eigenvalue weighted by molar-refractivity contribution is -0.996. The van der Waals surface area contributed by atoms with E-state index >= 15 is 0 Å². The second kappa shape index (κ2) is 24.8. The number of carbonyl (C=O) groups excluding carboxylic acids is 1.